The zero-order chi connectivity index (χ0) is 39.7. The molecule has 0 bridgehead atoms. The number of nitrogens with one attached hydrogen (secondary N) is 3. The number of hydroxylamine groups is 2. The van der Waals surface area contributed by atoms with Crippen molar-refractivity contribution in [3.8, 4) is 17.1 Å². The Balaban J connectivity index is 1.42. The van der Waals surface area contributed by atoms with E-state index in [-0.39, 0.29) is 48.6 Å². The van der Waals surface area contributed by atoms with Crippen LogP contribution in [-0.4, -0.2) is 76.7 Å². The van der Waals surface area contributed by atoms with E-state index in [9.17, 15) is 33.9 Å². The molecule has 3 aromatic carbocycles. The molecular formula is C40H44N4O11. The highest BCUT2D eigenvalue weighted by atomic mass is 16.7. The van der Waals surface area contributed by atoms with E-state index in [1.165, 1.54) is 35.4 Å². The fourth-order valence-electron chi connectivity index (χ4n) is 5.83. The average Bonchev–Trinajstić information content (AvgIpc) is 3.68. The van der Waals surface area contributed by atoms with E-state index in [1.54, 1.807) is 6.92 Å². The van der Waals surface area contributed by atoms with Gasteiger partial charge in [-0.05, 0) is 61.6 Å². The number of hydrogen-bond acceptors (Lipinski definition) is 9. The minimum Gasteiger partial charge on any atom is -0.493 e. The largest absolute Gasteiger partial charge is 0.493 e. The maximum Gasteiger partial charge on any atom is 0.326 e. The van der Waals surface area contributed by atoms with Crippen LogP contribution in [0.4, 0.5) is 0 Å². The highest BCUT2D eigenvalue weighted by molar-refractivity contribution is 6.00. The van der Waals surface area contributed by atoms with Gasteiger partial charge in [0.2, 0.25) is 12.3 Å². The fraction of sp³-hybridized carbons (Fsp3) is 0.300. The zero-order valence-electron chi connectivity index (χ0n) is 30.4. The first-order chi connectivity index (χ1) is 26.5. The molecule has 5 N–H and O–H groups in total. The predicted molar refractivity (Wildman–Crippen MR) is 198 cm³/mol. The van der Waals surface area contributed by atoms with Crippen molar-refractivity contribution in [2.24, 2.45) is 5.92 Å². The summed E-state index contributed by atoms with van der Waals surface area (Å²) in [6.07, 6.45) is 1.14. The van der Waals surface area contributed by atoms with Gasteiger partial charge >= 0.3 is 11.9 Å². The first-order valence-electron chi connectivity index (χ1n) is 17.7. The van der Waals surface area contributed by atoms with Crippen LogP contribution in [0.2, 0.25) is 0 Å². The molecule has 0 radical (unpaired) electrons. The number of ether oxygens (including phenoxy) is 1. The van der Waals surface area contributed by atoms with Gasteiger partial charge in [0.25, 0.3) is 11.8 Å². The molecule has 0 aliphatic carbocycles. The molecule has 0 aliphatic rings. The van der Waals surface area contributed by atoms with Gasteiger partial charge in [-0.1, -0.05) is 73.7 Å². The Hall–Kier alpha value is -6.48. The number of hydrogen-bond donors (Lipinski definition) is 5. The van der Waals surface area contributed by atoms with Crippen molar-refractivity contribution in [2.45, 2.75) is 58.2 Å². The summed E-state index contributed by atoms with van der Waals surface area (Å²) >= 11 is 0. The zero-order valence-corrected chi connectivity index (χ0v) is 30.4. The number of rotatable bonds is 22. The molecule has 4 amide bonds. The third-order valence-corrected chi connectivity index (χ3v) is 8.59. The number of furan rings is 1. The third-order valence-electron chi connectivity index (χ3n) is 8.59. The lowest BCUT2D eigenvalue weighted by Crippen LogP contribution is -2.48. The van der Waals surface area contributed by atoms with Crippen molar-refractivity contribution < 1.29 is 53.0 Å². The molecule has 3 atom stereocenters. The van der Waals surface area contributed by atoms with Crippen molar-refractivity contribution in [3.05, 3.63) is 113 Å². The monoisotopic (exact) mass is 756 g/mol. The predicted octanol–water partition coefficient (Wildman–Crippen LogP) is 4.42. The van der Waals surface area contributed by atoms with Gasteiger partial charge in [0.15, 0.2) is 5.76 Å². The molecule has 4 aromatic rings. The van der Waals surface area contributed by atoms with Crippen LogP contribution in [0.3, 0.4) is 0 Å². The molecule has 15 nitrogen and oxygen atoms in total. The van der Waals surface area contributed by atoms with Crippen LogP contribution in [0.5, 0.6) is 5.75 Å². The molecule has 0 saturated carbocycles. The summed E-state index contributed by atoms with van der Waals surface area (Å²) in [6, 6.07) is 24.0. The lowest BCUT2D eigenvalue weighted by molar-refractivity contribution is -0.200. The van der Waals surface area contributed by atoms with E-state index in [2.05, 4.69) is 16.0 Å². The lowest BCUT2D eigenvalue weighted by atomic mass is 9.90. The summed E-state index contributed by atoms with van der Waals surface area (Å²) in [5, 5.41) is 27.1. The molecule has 1 aromatic heterocycles. The van der Waals surface area contributed by atoms with E-state index >= 15 is 0 Å². The Bertz CT molecular complexity index is 1920. The van der Waals surface area contributed by atoms with Crippen molar-refractivity contribution in [3.63, 3.8) is 0 Å². The maximum atomic E-state index is 13.7. The Kier molecular flexibility index (Phi) is 15.5. The first-order valence-corrected chi connectivity index (χ1v) is 17.7. The minimum atomic E-state index is -1.66. The number of aryl methyl sites for hydroxylation is 1. The van der Waals surface area contributed by atoms with Crippen LogP contribution in [0, 0.1) is 5.92 Å². The summed E-state index contributed by atoms with van der Waals surface area (Å²) < 4.78 is 11.4. The Morgan fingerprint density at radius 1 is 0.855 bits per heavy atom. The number of carbonyl (C=O) groups excluding carboxylic acids is 4. The van der Waals surface area contributed by atoms with Crippen LogP contribution < -0.4 is 20.7 Å². The van der Waals surface area contributed by atoms with E-state index < -0.39 is 48.2 Å². The van der Waals surface area contributed by atoms with E-state index in [0.29, 0.717) is 31.2 Å². The van der Waals surface area contributed by atoms with Crippen LogP contribution in [0.25, 0.3) is 11.3 Å². The summed E-state index contributed by atoms with van der Waals surface area (Å²) in [5.41, 5.74) is 2.27. The van der Waals surface area contributed by atoms with E-state index in [1.807, 2.05) is 67.6 Å². The fourth-order valence-corrected chi connectivity index (χ4v) is 5.83. The van der Waals surface area contributed by atoms with E-state index in [4.69, 9.17) is 19.1 Å². The second-order valence-electron chi connectivity index (χ2n) is 12.3. The topological polar surface area (TPSA) is 214 Å². The lowest BCUT2D eigenvalue weighted by Gasteiger charge is -2.32. The highest BCUT2D eigenvalue weighted by Crippen LogP contribution is 2.29. The van der Waals surface area contributed by atoms with Crippen molar-refractivity contribution in [1.82, 2.24) is 21.0 Å². The minimum absolute atomic E-state index is 0.0334. The number of nitrogens with zero attached hydrogens (tertiary/aromatic N) is 1. The van der Waals surface area contributed by atoms with Crippen LogP contribution in [0.15, 0.2) is 95.4 Å². The van der Waals surface area contributed by atoms with E-state index in [0.717, 1.165) is 11.1 Å². The summed E-state index contributed by atoms with van der Waals surface area (Å²) in [6.45, 7) is 3.59. The third kappa shape index (κ3) is 12.0. The quantitative estimate of drug-likeness (QED) is 0.0430. The standard InChI is InChI=1S/C40H44N4O11/c1-3-32(44(25-45)54-23-27-13-9-6-10-14-27)29(17-15-26-11-7-5-8-12-26)37(48)41-24-42-39(50)34-20-19-33(55-34)28-16-18-30(35(21-28)53-4-2)38(49)43-31(40(51)52)22-36(46)47/h5-14,16,18-21,25,29,31-32H,3-4,15,17,22-24H2,1-2H3,(H,41,48)(H,42,50)(H,43,49)(H,46,47)(H,51,52)/t29-,31?,32-/m1/s1. The Morgan fingerprint density at radius 2 is 1.55 bits per heavy atom. The number of carbonyl (C=O) groups is 6. The van der Waals surface area contributed by atoms with Gasteiger partial charge in [0.05, 0.1) is 37.2 Å². The number of benzene rings is 3. The van der Waals surface area contributed by atoms with Gasteiger partial charge in [-0.3, -0.25) is 28.8 Å². The molecule has 290 valence electrons. The molecule has 15 heteroatoms. The summed E-state index contributed by atoms with van der Waals surface area (Å²) in [5.74, 6) is -5.20. The van der Waals surface area contributed by atoms with Gasteiger partial charge in [0, 0.05) is 5.56 Å². The van der Waals surface area contributed by atoms with Crippen molar-refractivity contribution in [2.75, 3.05) is 13.3 Å². The molecule has 55 heavy (non-hydrogen) atoms. The van der Waals surface area contributed by atoms with Crippen LogP contribution in [-0.2, 0) is 37.0 Å². The van der Waals surface area contributed by atoms with Gasteiger partial charge < -0.3 is 35.3 Å². The number of aliphatic carboxylic acids is 2. The van der Waals surface area contributed by atoms with Crippen molar-refractivity contribution >= 4 is 36.1 Å². The first kappa shape index (κ1) is 41.3. The molecule has 0 aliphatic heterocycles. The second-order valence-corrected chi connectivity index (χ2v) is 12.3. The summed E-state index contributed by atoms with van der Waals surface area (Å²) in [4.78, 5) is 80.2. The molecule has 0 spiro atoms. The average molecular weight is 757 g/mol. The number of amides is 4. The highest BCUT2D eigenvalue weighted by Gasteiger charge is 2.32. The van der Waals surface area contributed by atoms with Crippen molar-refractivity contribution in [1.29, 1.82) is 0 Å². The molecule has 0 saturated heterocycles. The van der Waals surface area contributed by atoms with Crippen LogP contribution >= 0.6 is 0 Å². The SMILES string of the molecule is CCOc1cc(-c2ccc(C(=O)NCNC(=O)[C@H](CCc3ccccc3)[C@@H](CC)N(C=O)OCc3ccccc3)o2)ccc1C(=O)NC(CC(=O)O)C(=O)O. The van der Waals surface area contributed by atoms with Crippen LogP contribution in [0.1, 0.15) is 65.1 Å². The van der Waals surface area contributed by atoms with Gasteiger partial charge in [0.1, 0.15) is 24.2 Å². The number of carboxylic acid groups (broad SMARTS) is 2. The molecule has 1 unspecified atom stereocenters. The van der Waals surface area contributed by atoms with Gasteiger partial charge in [-0.25, -0.2) is 9.86 Å². The molecule has 0 fully saturated rings. The second kappa shape index (κ2) is 20.7. The number of carboxylic acids is 2. The van der Waals surface area contributed by atoms with Gasteiger partial charge in [-0.15, -0.1) is 0 Å². The normalized spacial score (nSPS) is 12.4. The summed E-state index contributed by atoms with van der Waals surface area (Å²) in [7, 11) is 0. The molecular weight excluding hydrogens is 712 g/mol. The smallest absolute Gasteiger partial charge is 0.326 e. The van der Waals surface area contributed by atoms with Gasteiger partial charge in [-0.2, -0.15) is 0 Å². The maximum absolute atomic E-state index is 13.7. The molecule has 1 heterocycles. The Morgan fingerprint density at radius 3 is 2.16 bits per heavy atom. The Labute approximate surface area is 317 Å². The molecule has 4 rings (SSSR count).